The first-order valence-corrected chi connectivity index (χ1v) is 7.67. The molecule has 1 heterocycles. The van der Waals surface area contributed by atoms with Gasteiger partial charge in [-0.05, 0) is 48.1 Å². The minimum atomic E-state index is 1.01. The molecular formula is C18H20OS. The normalized spacial score (nSPS) is 13.3. The summed E-state index contributed by atoms with van der Waals surface area (Å²) in [4.78, 5) is 1.30. The number of thiophene rings is 1. The Morgan fingerprint density at radius 2 is 2.10 bits per heavy atom. The Morgan fingerprint density at radius 1 is 1.30 bits per heavy atom. The lowest BCUT2D eigenvalue weighted by molar-refractivity contribution is 0.338. The van der Waals surface area contributed by atoms with Crippen LogP contribution in [0.15, 0.2) is 60.4 Å². The maximum atomic E-state index is 5.06. The van der Waals surface area contributed by atoms with E-state index in [9.17, 15) is 0 Å². The highest BCUT2D eigenvalue weighted by Crippen LogP contribution is 2.34. The number of hydrogen-bond donors (Lipinski definition) is 0. The third-order valence-corrected chi connectivity index (χ3v) is 4.25. The summed E-state index contributed by atoms with van der Waals surface area (Å²) >= 11 is 1.83. The van der Waals surface area contributed by atoms with Gasteiger partial charge in [0.25, 0.3) is 0 Å². The Kier molecular flexibility index (Phi) is 5.19. The largest absolute Gasteiger partial charge is 0.504 e. The summed E-state index contributed by atoms with van der Waals surface area (Å²) in [7, 11) is 1.68. The second-order valence-electron chi connectivity index (χ2n) is 4.46. The number of ether oxygens (including phenoxy) is 1. The maximum Gasteiger partial charge on any atom is 0.0830 e. The van der Waals surface area contributed by atoms with Crippen LogP contribution in [0.25, 0.3) is 15.7 Å². The van der Waals surface area contributed by atoms with Gasteiger partial charge in [-0.2, -0.15) is 0 Å². The van der Waals surface area contributed by atoms with Crippen molar-refractivity contribution >= 4 is 27.0 Å². The van der Waals surface area contributed by atoms with Crippen LogP contribution in [0.4, 0.5) is 0 Å². The summed E-state index contributed by atoms with van der Waals surface area (Å²) in [5.41, 5.74) is 2.48. The van der Waals surface area contributed by atoms with E-state index in [0.717, 1.165) is 6.42 Å². The van der Waals surface area contributed by atoms with E-state index >= 15 is 0 Å². The average molecular weight is 284 g/mol. The summed E-state index contributed by atoms with van der Waals surface area (Å²) in [5, 5.41) is 1.30. The second-order valence-corrected chi connectivity index (χ2v) is 5.54. The van der Waals surface area contributed by atoms with Crippen molar-refractivity contribution in [3.63, 3.8) is 0 Å². The molecule has 20 heavy (non-hydrogen) atoms. The van der Waals surface area contributed by atoms with Crippen LogP contribution in [0.3, 0.4) is 0 Å². The van der Waals surface area contributed by atoms with Crippen LogP contribution < -0.4 is 0 Å². The molecule has 1 aromatic heterocycles. The van der Waals surface area contributed by atoms with Gasteiger partial charge in [-0.25, -0.2) is 0 Å². The van der Waals surface area contributed by atoms with Crippen molar-refractivity contribution in [1.82, 2.24) is 0 Å². The number of benzene rings is 1. The van der Waals surface area contributed by atoms with Gasteiger partial charge in [0.05, 0.1) is 13.4 Å². The van der Waals surface area contributed by atoms with Crippen LogP contribution in [0.5, 0.6) is 0 Å². The Hall–Kier alpha value is -1.80. The van der Waals surface area contributed by atoms with E-state index in [-0.39, 0.29) is 0 Å². The van der Waals surface area contributed by atoms with E-state index in [1.54, 1.807) is 13.4 Å². The molecule has 0 aliphatic heterocycles. The third-order valence-electron chi connectivity index (χ3n) is 3.10. The molecule has 1 nitrogen and oxygen atoms in total. The average Bonchev–Trinajstić information content (AvgIpc) is 2.89. The fraction of sp³-hybridized carbons (Fsp3) is 0.222. The zero-order valence-electron chi connectivity index (χ0n) is 12.2. The van der Waals surface area contributed by atoms with Gasteiger partial charge in [0, 0.05) is 9.58 Å². The minimum absolute atomic E-state index is 1.01. The molecule has 1 aromatic carbocycles. The zero-order valence-corrected chi connectivity index (χ0v) is 13.0. The maximum absolute atomic E-state index is 5.06. The molecule has 0 N–H and O–H groups in total. The van der Waals surface area contributed by atoms with Gasteiger partial charge in [-0.1, -0.05) is 37.3 Å². The Bertz CT molecular complexity index is 626. The van der Waals surface area contributed by atoms with Crippen molar-refractivity contribution < 1.29 is 4.74 Å². The Balaban J connectivity index is 2.45. The quantitative estimate of drug-likeness (QED) is 0.498. The van der Waals surface area contributed by atoms with Crippen LogP contribution in [0.1, 0.15) is 25.1 Å². The first-order chi connectivity index (χ1) is 9.80. The van der Waals surface area contributed by atoms with Gasteiger partial charge in [-0.3, -0.25) is 0 Å². The van der Waals surface area contributed by atoms with Crippen molar-refractivity contribution in [3.8, 4) is 0 Å². The van der Waals surface area contributed by atoms with Crippen LogP contribution in [0, 0.1) is 0 Å². The molecule has 0 unspecified atom stereocenters. The Labute approximate surface area is 124 Å². The van der Waals surface area contributed by atoms with Gasteiger partial charge >= 0.3 is 0 Å². The molecule has 0 aliphatic rings. The van der Waals surface area contributed by atoms with Crippen LogP contribution in [-0.4, -0.2) is 7.11 Å². The van der Waals surface area contributed by atoms with E-state index in [1.165, 1.54) is 26.1 Å². The molecule has 2 heteroatoms. The van der Waals surface area contributed by atoms with Crippen LogP contribution >= 0.6 is 11.3 Å². The SMILES string of the molecule is CC=C(C(C=COC)=CCC)c1cc2ccccc2s1. The van der Waals surface area contributed by atoms with E-state index in [0.29, 0.717) is 0 Å². The van der Waals surface area contributed by atoms with E-state index < -0.39 is 0 Å². The molecule has 0 fully saturated rings. The smallest absolute Gasteiger partial charge is 0.0830 e. The van der Waals surface area contributed by atoms with Crippen molar-refractivity contribution in [1.29, 1.82) is 0 Å². The number of fused-ring (bicyclic) bond motifs is 1. The zero-order chi connectivity index (χ0) is 14.4. The number of methoxy groups -OCH3 is 1. The summed E-state index contributed by atoms with van der Waals surface area (Å²) in [6.45, 7) is 4.24. The lowest BCUT2D eigenvalue weighted by Crippen LogP contribution is -1.85. The van der Waals surface area contributed by atoms with E-state index in [2.05, 4.69) is 56.3 Å². The van der Waals surface area contributed by atoms with Gasteiger partial charge in [0.2, 0.25) is 0 Å². The number of hydrogen-bond acceptors (Lipinski definition) is 2. The van der Waals surface area contributed by atoms with E-state index in [4.69, 9.17) is 4.74 Å². The number of rotatable bonds is 5. The van der Waals surface area contributed by atoms with Crippen molar-refractivity contribution in [2.45, 2.75) is 20.3 Å². The van der Waals surface area contributed by atoms with Gasteiger partial charge < -0.3 is 4.74 Å². The van der Waals surface area contributed by atoms with E-state index in [1.807, 2.05) is 17.4 Å². The number of allylic oxidation sites excluding steroid dienone is 5. The monoisotopic (exact) mass is 284 g/mol. The summed E-state index contributed by atoms with van der Waals surface area (Å²) in [5.74, 6) is 0. The molecule has 0 amide bonds. The fourth-order valence-corrected chi connectivity index (χ4v) is 3.35. The molecule has 2 aromatic rings. The molecule has 2 rings (SSSR count). The highest BCUT2D eigenvalue weighted by Gasteiger charge is 2.08. The fourth-order valence-electron chi connectivity index (χ4n) is 2.19. The minimum Gasteiger partial charge on any atom is -0.504 e. The van der Waals surface area contributed by atoms with Crippen molar-refractivity contribution in [2.75, 3.05) is 7.11 Å². The van der Waals surface area contributed by atoms with Gasteiger partial charge in [0.1, 0.15) is 0 Å². The molecule has 0 radical (unpaired) electrons. The molecular weight excluding hydrogens is 264 g/mol. The van der Waals surface area contributed by atoms with Crippen LogP contribution in [0.2, 0.25) is 0 Å². The topological polar surface area (TPSA) is 9.23 Å². The highest BCUT2D eigenvalue weighted by molar-refractivity contribution is 7.20. The highest BCUT2D eigenvalue weighted by atomic mass is 32.1. The van der Waals surface area contributed by atoms with Crippen LogP contribution in [-0.2, 0) is 4.74 Å². The summed E-state index contributed by atoms with van der Waals surface area (Å²) < 4.78 is 6.39. The first kappa shape index (κ1) is 14.6. The predicted octanol–water partition coefficient (Wildman–Crippen LogP) is 5.80. The lowest BCUT2D eigenvalue weighted by atomic mass is 10.0. The standard InChI is InChI=1S/C18H20OS/c1-4-8-14(11-12-19-3)16(5-2)18-13-15-9-6-7-10-17(15)20-18/h5-13H,4H2,1-3H3. The predicted molar refractivity (Wildman–Crippen MR) is 90.0 cm³/mol. The lowest BCUT2D eigenvalue weighted by Gasteiger charge is -2.06. The van der Waals surface area contributed by atoms with Gasteiger partial charge in [0.15, 0.2) is 0 Å². The third kappa shape index (κ3) is 3.20. The first-order valence-electron chi connectivity index (χ1n) is 6.85. The molecule has 104 valence electrons. The molecule has 0 spiro atoms. The molecule has 0 atom stereocenters. The second kappa shape index (κ2) is 7.11. The Morgan fingerprint density at radius 3 is 2.75 bits per heavy atom. The molecule has 0 aliphatic carbocycles. The summed E-state index contributed by atoms with van der Waals surface area (Å²) in [6, 6.07) is 10.8. The summed E-state index contributed by atoms with van der Waals surface area (Å²) in [6.07, 6.45) is 9.18. The van der Waals surface area contributed by atoms with Crippen molar-refractivity contribution in [2.24, 2.45) is 0 Å². The van der Waals surface area contributed by atoms with Crippen molar-refractivity contribution in [3.05, 3.63) is 65.3 Å². The molecule has 0 bridgehead atoms. The van der Waals surface area contributed by atoms with Gasteiger partial charge in [-0.15, -0.1) is 11.3 Å². The molecule has 0 saturated carbocycles. The molecule has 0 saturated heterocycles.